The van der Waals surface area contributed by atoms with Gasteiger partial charge in [0.15, 0.2) is 6.10 Å². The molecule has 0 spiro atoms. The molecule has 1 rings (SSSR count). The Balaban J connectivity index is 2.35. The zero-order chi connectivity index (χ0) is 16.0. The van der Waals surface area contributed by atoms with E-state index in [1.807, 2.05) is 4.90 Å². The van der Waals surface area contributed by atoms with Gasteiger partial charge in [-0.25, -0.2) is 0 Å². The molecule has 1 fully saturated rings. The minimum atomic E-state index is -4.67. The normalized spacial score (nSPS) is 18.6. The van der Waals surface area contributed by atoms with Gasteiger partial charge in [-0.2, -0.15) is 13.2 Å². The van der Waals surface area contributed by atoms with Crippen molar-refractivity contribution in [1.29, 1.82) is 0 Å². The predicted octanol–water partition coefficient (Wildman–Crippen LogP) is -0.381. The average Bonchev–Trinajstić information content (AvgIpc) is 2.38. The molecule has 0 aromatic heterocycles. The summed E-state index contributed by atoms with van der Waals surface area (Å²) in [6, 6.07) is 0. The molecule has 1 unspecified atom stereocenters. The third-order valence-electron chi connectivity index (χ3n) is 3.31. The van der Waals surface area contributed by atoms with Crippen LogP contribution in [0.5, 0.6) is 0 Å². The van der Waals surface area contributed by atoms with E-state index in [4.69, 9.17) is 11.5 Å². The molecular formula is C13H20F3N3O2. The summed E-state index contributed by atoms with van der Waals surface area (Å²) in [4.78, 5) is 16.8. The Morgan fingerprint density at radius 2 is 1.95 bits per heavy atom. The highest BCUT2D eigenvalue weighted by molar-refractivity contribution is 5.78. The standard InChI is InChI=1S/C13H20F3N3O2/c1-3-4-18-5-7-19(8-6-18)12(21)10-17(2)9-11(20)13(14,15)16/h1,11,20H,4-10H2,2H3. The fourth-order valence-electron chi connectivity index (χ4n) is 2.08. The van der Waals surface area contributed by atoms with E-state index in [1.54, 1.807) is 4.90 Å². The molecule has 1 heterocycles. The van der Waals surface area contributed by atoms with Crippen molar-refractivity contribution in [3.8, 4) is 12.3 Å². The summed E-state index contributed by atoms with van der Waals surface area (Å²) in [5.74, 6) is 2.29. The van der Waals surface area contributed by atoms with E-state index in [2.05, 4.69) is 5.92 Å². The number of halogens is 3. The van der Waals surface area contributed by atoms with E-state index in [0.29, 0.717) is 32.7 Å². The van der Waals surface area contributed by atoms with Crippen molar-refractivity contribution in [2.24, 2.45) is 0 Å². The fourth-order valence-corrected chi connectivity index (χ4v) is 2.08. The molecule has 0 radical (unpaired) electrons. The van der Waals surface area contributed by atoms with Gasteiger partial charge < -0.3 is 10.0 Å². The zero-order valence-electron chi connectivity index (χ0n) is 11.9. The molecule has 0 bridgehead atoms. The number of piperazine rings is 1. The van der Waals surface area contributed by atoms with Gasteiger partial charge in [-0.15, -0.1) is 6.42 Å². The van der Waals surface area contributed by atoms with Crippen LogP contribution in [0.1, 0.15) is 0 Å². The number of nitrogens with zero attached hydrogens (tertiary/aromatic N) is 3. The van der Waals surface area contributed by atoms with Crippen molar-refractivity contribution in [2.45, 2.75) is 12.3 Å². The number of aliphatic hydroxyl groups excluding tert-OH is 1. The number of carbonyl (C=O) groups excluding carboxylic acids is 1. The molecule has 0 aromatic carbocycles. The summed E-state index contributed by atoms with van der Waals surface area (Å²) < 4.78 is 36.7. The minimum absolute atomic E-state index is 0.151. The topological polar surface area (TPSA) is 47.0 Å². The summed E-state index contributed by atoms with van der Waals surface area (Å²) in [7, 11) is 1.38. The van der Waals surface area contributed by atoms with Crippen LogP contribution in [0, 0.1) is 12.3 Å². The maximum Gasteiger partial charge on any atom is 0.415 e. The van der Waals surface area contributed by atoms with Crippen molar-refractivity contribution in [3.05, 3.63) is 0 Å². The number of terminal acetylenes is 1. The monoisotopic (exact) mass is 307 g/mol. The SMILES string of the molecule is C#CCN1CCN(C(=O)CN(C)CC(O)C(F)(F)F)CC1. The molecule has 1 aliphatic rings. The molecular weight excluding hydrogens is 287 g/mol. The summed E-state index contributed by atoms with van der Waals surface area (Å²) >= 11 is 0. The lowest BCUT2D eigenvalue weighted by Crippen LogP contribution is -2.51. The zero-order valence-corrected chi connectivity index (χ0v) is 11.9. The summed E-state index contributed by atoms with van der Waals surface area (Å²) in [5, 5.41) is 8.96. The quantitative estimate of drug-likeness (QED) is 0.704. The Morgan fingerprint density at radius 3 is 2.43 bits per heavy atom. The van der Waals surface area contributed by atoms with Crippen molar-refractivity contribution in [1.82, 2.24) is 14.7 Å². The number of amides is 1. The number of hydrogen-bond donors (Lipinski definition) is 1. The van der Waals surface area contributed by atoms with Crippen LogP contribution < -0.4 is 0 Å². The van der Waals surface area contributed by atoms with Crippen molar-refractivity contribution in [3.63, 3.8) is 0 Å². The molecule has 8 heteroatoms. The number of likely N-dealkylation sites (N-methyl/N-ethyl adjacent to an activating group) is 1. The molecule has 1 atom stereocenters. The maximum atomic E-state index is 12.2. The first kappa shape index (κ1) is 17.8. The van der Waals surface area contributed by atoms with E-state index in [9.17, 15) is 18.0 Å². The predicted molar refractivity (Wildman–Crippen MR) is 71.4 cm³/mol. The average molecular weight is 307 g/mol. The molecule has 1 aliphatic heterocycles. The van der Waals surface area contributed by atoms with Crippen molar-refractivity contribution < 1.29 is 23.1 Å². The molecule has 120 valence electrons. The van der Waals surface area contributed by atoms with E-state index < -0.39 is 18.8 Å². The number of alkyl halides is 3. The molecule has 21 heavy (non-hydrogen) atoms. The van der Waals surface area contributed by atoms with Crippen LogP contribution in [0.25, 0.3) is 0 Å². The first-order chi connectivity index (χ1) is 9.74. The van der Waals surface area contributed by atoms with Crippen molar-refractivity contribution in [2.75, 3.05) is 52.9 Å². The van der Waals surface area contributed by atoms with Crippen LogP contribution in [0.4, 0.5) is 13.2 Å². The first-order valence-electron chi connectivity index (χ1n) is 6.61. The molecule has 0 aromatic rings. The lowest BCUT2D eigenvalue weighted by Gasteiger charge is -2.34. The van der Waals surface area contributed by atoms with E-state index >= 15 is 0 Å². The van der Waals surface area contributed by atoms with Crippen LogP contribution in [0.15, 0.2) is 0 Å². The van der Waals surface area contributed by atoms with E-state index in [0.717, 1.165) is 0 Å². The van der Waals surface area contributed by atoms with Gasteiger partial charge in [-0.3, -0.25) is 14.6 Å². The van der Waals surface area contributed by atoms with Crippen molar-refractivity contribution >= 4 is 5.91 Å². The number of carbonyl (C=O) groups is 1. The van der Waals surface area contributed by atoms with Crippen LogP contribution in [0.2, 0.25) is 0 Å². The van der Waals surface area contributed by atoms with Crippen LogP contribution >= 0.6 is 0 Å². The molecule has 1 saturated heterocycles. The van der Waals surface area contributed by atoms with Gasteiger partial charge in [0.2, 0.25) is 5.91 Å². The molecule has 1 amide bonds. The van der Waals surface area contributed by atoms with Gasteiger partial charge in [0, 0.05) is 32.7 Å². The van der Waals surface area contributed by atoms with Gasteiger partial charge in [-0.05, 0) is 7.05 Å². The highest BCUT2D eigenvalue weighted by Gasteiger charge is 2.39. The molecule has 1 N–H and O–H groups in total. The Hall–Kier alpha value is -1.30. The summed E-state index contributed by atoms with van der Waals surface area (Å²) in [5.41, 5.74) is 0. The summed E-state index contributed by atoms with van der Waals surface area (Å²) in [6.45, 7) is 2.09. The smallest absolute Gasteiger partial charge is 0.382 e. The Labute approximate surface area is 122 Å². The fraction of sp³-hybridized carbons (Fsp3) is 0.769. The van der Waals surface area contributed by atoms with Gasteiger partial charge in [0.05, 0.1) is 13.1 Å². The van der Waals surface area contributed by atoms with Crippen LogP contribution in [-0.4, -0.2) is 90.9 Å². The second kappa shape index (κ2) is 7.64. The summed E-state index contributed by atoms with van der Waals surface area (Å²) in [6.07, 6.45) is -1.90. The Morgan fingerprint density at radius 1 is 1.38 bits per heavy atom. The second-order valence-electron chi connectivity index (χ2n) is 5.12. The van der Waals surface area contributed by atoms with Gasteiger partial charge in [0.1, 0.15) is 0 Å². The molecule has 5 nitrogen and oxygen atoms in total. The lowest BCUT2D eigenvalue weighted by molar-refractivity contribution is -0.207. The van der Waals surface area contributed by atoms with Crippen LogP contribution in [-0.2, 0) is 4.79 Å². The highest BCUT2D eigenvalue weighted by atomic mass is 19.4. The Kier molecular flexibility index (Phi) is 6.45. The van der Waals surface area contributed by atoms with E-state index in [-0.39, 0.29) is 12.5 Å². The largest absolute Gasteiger partial charge is 0.415 e. The lowest BCUT2D eigenvalue weighted by atomic mass is 10.3. The van der Waals surface area contributed by atoms with E-state index in [1.165, 1.54) is 11.9 Å². The first-order valence-corrected chi connectivity index (χ1v) is 6.61. The van der Waals surface area contributed by atoms with Gasteiger partial charge in [-0.1, -0.05) is 5.92 Å². The van der Waals surface area contributed by atoms with Gasteiger partial charge in [0.25, 0.3) is 0 Å². The minimum Gasteiger partial charge on any atom is -0.382 e. The van der Waals surface area contributed by atoms with Gasteiger partial charge >= 0.3 is 6.18 Å². The number of rotatable bonds is 5. The second-order valence-corrected chi connectivity index (χ2v) is 5.12. The third kappa shape index (κ3) is 5.91. The maximum absolute atomic E-state index is 12.2. The van der Waals surface area contributed by atoms with Crippen LogP contribution in [0.3, 0.4) is 0 Å². The highest BCUT2D eigenvalue weighted by Crippen LogP contribution is 2.20. The molecule has 0 aliphatic carbocycles. The number of hydrogen-bond acceptors (Lipinski definition) is 4. The third-order valence-corrected chi connectivity index (χ3v) is 3.31. The Bertz CT molecular complexity index is 387. The number of aliphatic hydroxyl groups is 1. The molecule has 0 saturated carbocycles.